The van der Waals surface area contributed by atoms with Gasteiger partial charge in [0.05, 0.1) is 6.61 Å². The van der Waals surface area contributed by atoms with Crippen LogP contribution in [-0.2, 0) is 6.42 Å². The number of aliphatic hydroxyl groups excluding tert-OH is 1. The number of aliphatic hydroxyl groups is 1. The number of hydrogen-bond acceptors (Lipinski definition) is 6. The van der Waals surface area contributed by atoms with Gasteiger partial charge in [-0.3, -0.25) is 4.90 Å². The van der Waals surface area contributed by atoms with Crippen LogP contribution in [0.1, 0.15) is 38.5 Å². The van der Waals surface area contributed by atoms with Crippen molar-refractivity contribution in [1.82, 2.24) is 15.0 Å². The fraction of sp³-hybridized carbons (Fsp3) is 0.846. The third kappa shape index (κ3) is 4.18. The fourth-order valence-electron chi connectivity index (χ4n) is 2.51. The summed E-state index contributed by atoms with van der Waals surface area (Å²) < 4.78 is 5.11. The SMILES string of the molecule is CCCc1nc(NCCN2CCCCC2CO)no1. The van der Waals surface area contributed by atoms with E-state index in [1.165, 1.54) is 12.8 Å². The minimum absolute atomic E-state index is 0.253. The lowest BCUT2D eigenvalue weighted by Crippen LogP contribution is -2.44. The molecule has 0 aliphatic carbocycles. The van der Waals surface area contributed by atoms with Gasteiger partial charge in [0.15, 0.2) is 0 Å². The van der Waals surface area contributed by atoms with E-state index in [-0.39, 0.29) is 6.61 Å². The van der Waals surface area contributed by atoms with Gasteiger partial charge in [0.1, 0.15) is 0 Å². The molecule has 0 saturated carbocycles. The van der Waals surface area contributed by atoms with Crippen LogP contribution < -0.4 is 5.32 Å². The number of hydrogen-bond donors (Lipinski definition) is 2. The van der Waals surface area contributed by atoms with Gasteiger partial charge in [0.2, 0.25) is 5.89 Å². The van der Waals surface area contributed by atoms with Gasteiger partial charge in [-0.15, -0.1) is 0 Å². The second-order valence-electron chi connectivity index (χ2n) is 5.06. The molecule has 19 heavy (non-hydrogen) atoms. The first kappa shape index (κ1) is 14.3. The zero-order valence-electron chi connectivity index (χ0n) is 11.6. The summed E-state index contributed by atoms with van der Waals surface area (Å²) >= 11 is 0. The highest BCUT2D eigenvalue weighted by molar-refractivity contribution is 5.21. The molecule has 2 N–H and O–H groups in total. The number of nitrogens with one attached hydrogen (secondary N) is 1. The monoisotopic (exact) mass is 268 g/mol. The van der Waals surface area contributed by atoms with E-state index < -0.39 is 0 Å². The Balaban J connectivity index is 1.72. The van der Waals surface area contributed by atoms with Gasteiger partial charge in [0, 0.05) is 25.6 Å². The van der Waals surface area contributed by atoms with E-state index in [0.29, 0.717) is 17.9 Å². The summed E-state index contributed by atoms with van der Waals surface area (Å²) in [6.45, 7) is 5.09. The predicted molar refractivity (Wildman–Crippen MR) is 73.1 cm³/mol. The lowest BCUT2D eigenvalue weighted by molar-refractivity contribution is 0.0939. The number of rotatable bonds is 7. The minimum atomic E-state index is 0.253. The summed E-state index contributed by atoms with van der Waals surface area (Å²) in [6, 6.07) is 0.316. The van der Waals surface area contributed by atoms with Crippen LogP contribution in [0.15, 0.2) is 4.52 Å². The maximum atomic E-state index is 9.34. The number of aromatic nitrogens is 2. The Morgan fingerprint density at radius 3 is 3.16 bits per heavy atom. The number of aryl methyl sites for hydroxylation is 1. The van der Waals surface area contributed by atoms with Crippen molar-refractivity contribution in [2.24, 2.45) is 0 Å². The molecule has 0 spiro atoms. The number of piperidine rings is 1. The molecular formula is C13H24N4O2. The van der Waals surface area contributed by atoms with E-state index in [1.54, 1.807) is 0 Å². The third-order valence-electron chi connectivity index (χ3n) is 3.57. The van der Waals surface area contributed by atoms with Gasteiger partial charge in [0.25, 0.3) is 5.95 Å². The normalized spacial score (nSPS) is 20.6. The van der Waals surface area contributed by atoms with E-state index >= 15 is 0 Å². The van der Waals surface area contributed by atoms with Crippen molar-refractivity contribution < 1.29 is 9.63 Å². The summed E-state index contributed by atoms with van der Waals surface area (Å²) in [6.07, 6.45) is 5.38. The average molecular weight is 268 g/mol. The smallest absolute Gasteiger partial charge is 0.263 e. The van der Waals surface area contributed by atoms with E-state index in [4.69, 9.17) is 4.52 Å². The molecule has 1 aliphatic heterocycles. The van der Waals surface area contributed by atoms with Crippen LogP contribution in [0.4, 0.5) is 5.95 Å². The van der Waals surface area contributed by atoms with Crippen molar-refractivity contribution in [3.05, 3.63) is 5.89 Å². The standard InChI is InChI=1S/C13H24N4O2/c1-2-5-12-15-13(16-19-12)14-7-9-17-8-4-3-6-11(17)10-18/h11,18H,2-10H2,1H3,(H,14,16). The second kappa shape index (κ2) is 7.45. The Labute approximate surface area is 114 Å². The van der Waals surface area contributed by atoms with Crippen LogP contribution in [0.25, 0.3) is 0 Å². The number of likely N-dealkylation sites (tertiary alicyclic amines) is 1. The van der Waals surface area contributed by atoms with Crippen LogP contribution in [0.3, 0.4) is 0 Å². The van der Waals surface area contributed by atoms with Crippen molar-refractivity contribution in [3.63, 3.8) is 0 Å². The summed E-state index contributed by atoms with van der Waals surface area (Å²) in [5, 5.41) is 16.4. The van der Waals surface area contributed by atoms with Crippen LogP contribution in [-0.4, -0.2) is 52.4 Å². The Hall–Kier alpha value is -1.14. The van der Waals surface area contributed by atoms with Crippen LogP contribution in [0, 0.1) is 0 Å². The van der Waals surface area contributed by atoms with Crippen LogP contribution in [0.2, 0.25) is 0 Å². The Kier molecular flexibility index (Phi) is 5.60. The van der Waals surface area contributed by atoms with Gasteiger partial charge in [-0.25, -0.2) is 0 Å². The highest BCUT2D eigenvalue weighted by atomic mass is 16.5. The van der Waals surface area contributed by atoms with Gasteiger partial charge in [-0.05, 0) is 31.0 Å². The first-order chi connectivity index (χ1) is 9.33. The summed E-state index contributed by atoms with van der Waals surface area (Å²) in [7, 11) is 0. The number of nitrogens with zero attached hydrogens (tertiary/aromatic N) is 3. The van der Waals surface area contributed by atoms with Crippen molar-refractivity contribution in [3.8, 4) is 0 Å². The predicted octanol–water partition coefficient (Wildman–Crippen LogP) is 1.28. The maximum absolute atomic E-state index is 9.34. The average Bonchev–Trinajstić information content (AvgIpc) is 2.87. The molecule has 1 aromatic rings. The molecule has 0 amide bonds. The molecule has 0 aromatic carbocycles. The minimum Gasteiger partial charge on any atom is -0.395 e. The molecule has 1 aliphatic rings. The van der Waals surface area contributed by atoms with Gasteiger partial charge in [-0.1, -0.05) is 13.3 Å². The van der Waals surface area contributed by atoms with Gasteiger partial charge >= 0.3 is 0 Å². The summed E-state index contributed by atoms with van der Waals surface area (Å²) in [5.74, 6) is 1.26. The molecule has 6 nitrogen and oxygen atoms in total. The summed E-state index contributed by atoms with van der Waals surface area (Å²) in [5.41, 5.74) is 0. The molecular weight excluding hydrogens is 244 g/mol. The molecule has 2 rings (SSSR count). The molecule has 1 aromatic heterocycles. The topological polar surface area (TPSA) is 74.4 Å². The van der Waals surface area contributed by atoms with Crippen LogP contribution >= 0.6 is 0 Å². The zero-order chi connectivity index (χ0) is 13.5. The lowest BCUT2D eigenvalue weighted by atomic mass is 10.0. The lowest BCUT2D eigenvalue weighted by Gasteiger charge is -2.34. The molecule has 0 radical (unpaired) electrons. The van der Waals surface area contributed by atoms with Crippen molar-refractivity contribution in [1.29, 1.82) is 0 Å². The zero-order valence-corrected chi connectivity index (χ0v) is 11.6. The highest BCUT2D eigenvalue weighted by Gasteiger charge is 2.20. The van der Waals surface area contributed by atoms with Crippen molar-refractivity contribution >= 4 is 5.95 Å². The van der Waals surface area contributed by atoms with E-state index in [1.807, 2.05) is 0 Å². The molecule has 1 saturated heterocycles. The Morgan fingerprint density at radius 1 is 1.47 bits per heavy atom. The molecule has 108 valence electrons. The molecule has 6 heteroatoms. The van der Waals surface area contributed by atoms with Crippen LogP contribution in [0.5, 0.6) is 0 Å². The second-order valence-corrected chi connectivity index (χ2v) is 5.06. The first-order valence-electron chi connectivity index (χ1n) is 7.25. The van der Waals surface area contributed by atoms with E-state index in [9.17, 15) is 5.11 Å². The van der Waals surface area contributed by atoms with Crippen molar-refractivity contribution in [2.45, 2.75) is 45.1 Å². The van der Waals surface area contributed by atoms with Gasteiger partial charge in [-0.2, -0.15) is 4.98 Å². The van der Waals surface area contributed by atoms with E-state index in [2.05, 4.69) is 27.3 Å². The highest BCUT2D eigenvalue weighted by Crippen LogP contribution is 2.15. The molecule has 0 bridgehead atoms. The summed E-state index contributed by atoms with van der Waals surface area (Å²) in [4.78, 5) is 6.60. The quantitative estimate of drug-likeness (QED) is 0.776. The molecule has 1 fully saturated rings. The molecule has 1 atom stereocenters. The first-order valence-corrected chi connectivity index (χ1v) is 7.25. The molecule has 1 unspecified atom stereocenters. The Morgan fingerprint density at radius 2 is 2.37 bits per heavy atom. The fourth-order valence-corrected chi connectivity index (χ4v) is 2.51. The number of anilines is 1. The Bertz CT molecular complexity index is 369. The largest absolute Gasteiger partial charge is 0.395 e. The van der Waals surface area contributed by atoms with Crippen molar-refractivity contribution in [2.75, 3.05) is 31.6 Å². The molecule has 2 heterocycles. The van der Waals surface area contributed by atoms with Gasteiger partial charge < -0.3 is 14.9 Å². The third-order valence-corrected chi connectivity index (χ3v) is 3.57. The maximum Gasteiger partial charge on any atom is 0.263 e. The van der Waals surface area contributed by atoms with E-state index in [0.717, 1.165) is 38.9 Å².